The molecule has 0 aliphatic carbocycles. The molecule has 19 heavy (non-hydrogen) atoms. The fourth-order valence-electron chi connectivity index (χ4n) is 2.05. The van der Waals surface area contributed by atoms with E-state index in [1.54, 1.807) is 6.07 Å². The molecule has 1 nitrogen and oxygen atoms in total. The van der Waals surface area contributed by atoms with Crippen LogP contribution in [0.2, 0.25) is 10.0 Å². The van der Waals surface area contributed by atoms with Gasteiger partial charge < -0.3 is 5.32 Å². The zero-order valence-electron chi connectivity index (χ0n) is 11.1. The highest BCUT2D eigenvalue weighted by molar-refractivity contribution is 6.43. The van der Waals surface area contributed by atoms with Gasteiger partial charge in [-0.05, 0) is 37.6 Å². The Morgan fingerprint density at radius 2 is 1.84 bits per heavy atom. The molecule has 2 aromatic rings. The van der Waals surface area contributed by atoms with Gasteiger partial charge in [0.15, 0.2) is 0 Å². The first-order valence-electron chi connectivity index (χ1n) is 6.32. The molecule has 0 radical (unpaired) electrons. The second-order valence-corrected chi connectivity index (χ2v) is 5.48. The summed E-state index contributed by atoms with van der Waals surface area (Å²) >= 11 is 12.3. The number of hydrogen-bond donors (Lipinski definition) is 1. The van der Waals surface area contributed by atoms with Crippen molar-refractivity contribution in [2.45, 2.75) is 19.4 Å². The van der Waals surface area contributed by atoms with Crippen LogP contribution in [0.5, 0.6) is 0 Å². The van der Waals surface area contributed by atoms with Gasteiger partial charge in [-0.3, -0.25) is 0 Å². The summed E-state index contributed by atoms with van der Waals surface area (Å²) in [5.74, 6) is 0. The second-order valence-electron chi connectivity index (χ2n) is 4.70. The molecule has 0 amide bonds. The van der Waals surface area contributed by atoms with Crippen LogP contribution in [0.4, 0.5) is 0 Å². The van der Waals surface area contributed by atoms with Crippen LogP contribution in [0.1, 0.15) is 12.5 Å². The van der Waals surface area contributed by atoms with Crippen LogP contribution >= 0.6 is 23.2 Å². The van der Waals surface area contributed by atoms with E-state index < -0.39 is 0 Å². The molecule has 0 bridgehead atoms. The van der Waals surface area contributed by atoms with Gasteiger partial charge in [-0.2, -0.15) is 0 Å². The molecule has 0 saturated carbocycles. The number of benzene rings is 2. The van der Waals surface area contributed by atoms with E-state index in [2.05, 4.69) is 36.5 Å². The topological polar surface area (TPSA) is 12.0 Å². The van der Waals surface area contributed by atoms with Gasteiger partial charge in [0.2, 0.25) is 0 Å². The minimum Gasteiger partial charge on any atom is -0.317 e. The van der Waals surface area contributed by atoms with Crippen LogP contribution in [0, 0.1) is 0 Å². The van der Waals surface area contributed by atoms with Crippen molar-refractivity contribution in [1.29, 1.82) is 0 Å². The maximum atomic E-state index is 6.27. The Morgan fingerprint density at radius 3 is 2.58 bits per heavy atom. The standard InChI is InChI=1S/C16H17Cl2N/c1-11(19-2)9-12-5-3-6-13(10-12)14-7-4-8-15(17)16(14)18/h3-8,10-11,19H,9H2,1-2H3. The highest BCUT2D eigenvalue weighted by Gasteiger charge is 2.08. The Kier molecular flexibility index (Phi) is 4.87. The smallest absolute Gasteiger partial charge is 0.0670 e. The quantitative estimate of drug-likeness (QED) is 0.853. The molecule has 0 aliphatic heterocycles. The zero-order chi connectivity index (χ0) is 13.8. The number of halogens is 2. The summed E-state index contributed by atoms with van der Waals surface area (Å²) in [7, 11) is 1.97. The van der Waals surface area contributed by atoms with Crippen molar-refractivity contribution < 1.29 is 0 Å². The summed E-state index contributed by atoms with van der Waals surface area (Å²) in [6, 6.07) is 14.6. The lowest BCUT2D eigenvalue weighted by Gasteiger charge is -2.12. The third-order valence-electron chi connectivity index (χ3n) is 3.22. The van der Waals surface area contributed by atoms with E-state index in [4.69, 9.17) is 23.2 Å². The van der Waals surface area contributed by atoms with Crippen LogP contribution in [0.25, 0.3) is 11.1 Å². The van der Waals surface area contributed by atoms with Crippen molar-refractivity contribution in [3.63, 3.8) is 0 Å². The van der Waals surface area contributed by atoms with Crippen molar-refractivity contribution >= 4 is 23.2 Å². The minimum atomic E-state index is 0.449. The number of likely N-dealkylation sites (N-methyl/N-ethyl adjacent to an activating group) is 1. The molecule has 2 rings (SSSR count). The van der Waals surface area contributed by atoms with Crippen molar-refractivity contribution in [3.8, 4) is 11.1 Å². The Labute approximate surface area is 124 Å². The van der Waals surface area contributed by atoms with Gasteiger partial charge in [-0.25, -0.2) is 0 Å². The summed E-state index contributed by atoms with van der Waals surface area (Å²) in [5, 5.41) is 4.45. The molecule has 0 saturated heterocycles. The first-order valence-corrected chi connectivity index (χ1v) is 7.08. The van der Waals surface area contributed by atoms with E-state index in [0.29, 0.717) is 16.1 Å². The summed E-state index contributed by atoms with van der Waals surface area (Å²) in [5.41, 5.74) is 3.37. The van der Waals surface area contributed by atoms with Gasteiger partial charge in [0.25, 0.3) is 0 Å². The second kappa shape index (κ2) is 6.42. The third kappa shape index (κ3) is 3.50. The van der Waals surface area contributed by atoms with Gasteiger partial charge in [0.05, 0.1) is 10.0 Å². The molecular weight excluding hydrogens is 277 g/mol. The van der Waals surface area contributed by atoms with E-state index in [1.165, 1.54) is 5.56 Å². The Balaban J connectivity index is 2.35. The minimum absolute atomic E-state index is 0.449. The first kappa shape index (κ1) is 14.4. The average Bonchev–Trinajstić information content (AvgIpc) is 2.42. The maximum absolute atomic E-state index is 6.27. The van der Waals surface area contributed by atoms with Crippen molar-refractivity contribution in [3.05, 3.63) is 58.1 Å². The normalized spacial score (nSPS) is 12.4. The molecule has 0 aromatic heterocycles. The highest BCUT2D eigenvalue weighted by Crippen LogP contribution is 2.33. The van der Waals surface area contributed by atoms with E-state index in [1.807, 2.05) is 19.2 Å². The van der Waals surface area contributed by atoms with Gasteiger partial charge in [0.1, 0.15) is 0 Å². The van der Waals surface area contributed by atoms with Crippen LogP contribution in [-0.4, -0.2) is 13.1 Å². The summed E-state index contributed by atoms with van der Waals surface area (Å²) in [6.45, 7) is 2.17. The molecule has 0 spiro atoms. The lowest BCUT2D eigenvalue weighted by Crippen LogP contribution is -2.23. The fourth-order valence-corrected chi connectivity index (χ4v) is 2.46. The molecule has 0 heterocycles. The van der Waals surface area contributed by atoms with Crippen LogP contribution in [-0.2, 0) is 6.42 Å². The summed E-state index contributed by atoms with van der Waals surface area (Å²) in [4.78, 5) is 0. The van der Waals surface area contributed by atoms with Crippen LogP contribution in [0.3, 0.4) is 0 Å². The van der Waals surface area contributed by atoms with Crippen LogP contribution < -0.4 is 5.32 Å². The average molecular weight is 294 g/mol. The van der Waals surface area contributed by atoms with Gasteiger partial charge >= 0.3 is 0 Å². The Morgan fingerprint density at radius 1 is 1.11 bits per heavy atom. The predicted octanol–water partition coefficient (Wildman–Crippen LogP) is 4.81. The molecule has 3 heteroatoms. The van der Waals surface area contributed by atoms with Crippen LogP contribution in [0.15, 0.2) is 42.5 Å². The summed E-state index contributed by atoms with van der Waals surface area (Å²) < 4.78 is 0. The predicted molar refractivity (Wildman–Crippen MR) is 84.1 cm³/mol. The molecule has 1 atom stereocenters. The lowest BCUT2D eigenvalue weighted by atomic mass is 10.00. The molecular formula is C16H17Cl2N. The zero-order valence-corrected chi connectivity index (χ0v) is 12.6. The monoisotopic (exact) mass is 293 g/mol. The number of hydrogen-bond acceptors (Lipinski definition) is 1. The number of rotatable bonds is 4. The SMILES string of the molecule is CNC(C)Cc1cccc(-c2cccc(Cl)c2Cl)c1. The van der Waals surface area contributed by atoms with E-state index >= 15 is 0 Å². The highest BCUT2D eigenvalue weighted by atomic mass is 35.5. The maximum Gasteiger partial charge on any atom is 0.0670 e. The van der Waals surface area contributed by atoms with Gasteiger partial charge in [0, 0.05) is 11.6 Å². The van der Waals surface area contributed by atoms with Gasteiger partial charge in [-0.15, -0.1) is 0 Å². The lowest BCUT2D eigenvalue weighted by molar-refractivity contribution is 0.608. The molecule has 1 unspecified atom stereocenters. The molecule has 100 valence electrons. The van der Waals surface area contributed by atoms with E-state index in [9.17, 15) is 0 Å². The van der Waals surface area contributed by atoms with Gasteiger partial charge in [-0.1, -0.05) is 59.6 Å². The molecule has 2 aromatic carbocycles. The first-order chi connectivity index (χ1) is 9.11. The molecule has 0 aliphatic rings. The largest absolute Gasteiger partial charge is 0.317 e. The number of nitrogens with one attached hydrogen (secondary N) is 1. The third-order valence-corrected chi connectivity index (χ3v) is 4.04. The summed E-state index contributed by atoms with van der Waals surface area (Å²) in [6.07, 6.45) is 0.989. The van der Waals surface area contributed by atoms with Crippen molar-refractivity contribution in [2.75, 3.05) is 7.05 Å². The fraction of sp³-hybridized carbons (Fsp3) is 0.250. The Bertz CT molecular complexity index is 566. The molecule has 0 fully saturated rings. The van der Waals surface area contributed by atoms with Crippen molar-refractivity contribution in [2.24, 2.45) is 0 Å². The van der Waals surface area contributed by atoms with E-state index in [-0.39, 0.29) is 0 Å². The van der Waals surface area contributed by atoms with E-state index in [0.717, 1.165) is 17.5 Å². The van der Waals surface area contributed by atoms with Crippen molar-refractivity contribution in [1.82, 2.24) is 5.32 Å². The molecule has 1 N–H and O–H groups in total. The Hall–Kier alpha value is -1.02.